The maximum Gasteiger partial charge on any atom is 0.256 e. The van der Waals surface area contributed by atoms with Crippen molar-refractivity contribution in [1.29, 1.82) is 0 Å². The monoisotopic (exact) mass is 380 g/mol. The predicted molar refractivity (Wildman–Crippen MR) is 121 cm³/mol. The van der Waals surface area contributed by atoms with Crippen molar-refractivity contribution in [2.45, 2.75) is 27.7 Å². The highest BCUT2D eigenvalue weighted by atomic mass is 16.1. The fourth-order valence-corrected chi connectivity index (χ4v) is 3.77. The average molecular weight is 380 g/mol. The molecule has 0 aliphatic carbocycles. The van der Waals surface area contributed by atoms with Gasteiger partial charge in [-0.05, 0) is 57.0 Å². The molecule has 0 unspecified atom stereocenters. The van der Waals surface area contributed by atoms with Crippen LogP contribution in [0.25, 0.3) is 22.2 Å². The SMILES string of the molecule is Cc1ccc(NC(=O)c2cc(-c3ccccc3)nc3c(C)cc(C)cc23)c(C)c1. The van der Waals surface area contributed by atoms with Crippen LogP contribution in [-0.4, -0.2) is 10.9 Å². The fourth-order valence-electron chi connectivity index (χ4n) is 3.77. The summed E-state index contributed by atoms with van der Waals surface area (Å²) >= 11 is 0. The van der Waals surface area contributed by atoms with E-state index in [-0.39, 0.29) is 5.91 Å². The lowest BCUT2D eigenvalue weighted by atomic mass is 9.99. The van der Waals surface area contributed by atoms with Crippen molar-refractivity contribution in [2.24, 2.45) is 0 Å². The molecule has 1 amide bonds. The Kier molecular flexibility index (Phi) is 4.89. The summed E-state index contributed by atoms with van der Waals surface area (Å²) in [5, 5.41) is 3.98. The van der Waals surface area contributed by atoms with Crippen LogP contribution >= 0.6 is 0 Å². The second-order valence-corrected chi connectivity index (χ2v) is 7.67. The van der Waals surface area contributed by atoms with E-state index in [1.165, 1.54) is 5.56 Å². The van der Waals surface area contributed by atoms with Crippen LogP contribution < -0.4 is 5.32 Å². The van der Waals surface area contributed by atoms with Crippen LogP contribution in [0.2, 0.25) is 0 Å². The van der Waals surface area contributed by atoms with Gasteiger partial charge in [0.25, 0.3) is 5.91 Å². The van der Waals surface area contributed by atoms with Gasteiger partial charge in [0.15, 0.2) is 0 Å². The van der Waals surface area contributed by atoms with E-state index in [9.17, 15) is 4.79 Å². The van der Waals surface area contributed by atoms with Gasteiger partial charge in [-0.15, -0.1) is 0 Å². The molecule has 0 fully saturated rings. The van der Waals surface area contributed by atoms with Gasteiger partial charge in [0.05, 0.1) is 16.8 Å². The predicted octanol–water partition coefficient (Wildman–Crippen LogP) is 6.39. The molecule has 1 heterocycles. The fraction of sp³-hybridized carbons (Fsp3) is 0.154. The minimum absolute atomic E-state index is 0.119. The Bertz CT molecular complexity index is 1230. The Balaban J connectivity index is 1.88. The molecule has 1 aromatic heterocycles. The quantitative estimate of drug-likeness (QED) is 0.447. The first-order valence-corrected chi connectivity index (χ1v) is 9.78. The van der Waals surface area contributed by atoms with E-state index in [0.717, 1.165) is 44.5 Å². The molecule has 3 aromatic carbocycles. The maximum atomic E-state index is 13.3. The molecule has 0 spiro atoms. The number of pyridine rings is 1. The number of hydrogen-bond acceptors (Lipinski definition) is 2. The smallest absolute Gasteiger partial charge is 0.256 e. The molecule has 0 radical (unpaired) electrons. The van der Waals surface area contributed by atoms with Crippen LogP contribution in [-0.2, 0) is 0 Å². The molecule has 0 atom stereocenters. The first-order chi connectivity index (χ1) is 13.9. The number of fused-ring (bicyclic) bond motifs is 1. The van der Waals surface area contributed by atoms with E-state index in [0.29, 0.717) is 5.56 Å². The zero-order chi connectivity index (χ0) is 20.5. The first-order valence-electron chi connectivity index (χ1n) is 9.78. The van der Waals surface area contributed by atoms with E-state index in [1.54, 1.807) is 0 Å². The molecule has 144 valence electrons. The summed E-state index contributed by atoms with van der Waals surface area (Å²) in [4.78, 5) is 18.2. The van der Waals surface area contributed by atoms with Crippen molar-refractivity contribution in [3.8, 4) is 11.3 Å². The number of carbonyl (C=O) groups is 1. The molecule has 3 nitrogen and oxygen atoms in total. The van der Waals surface area contributed by atoms with Crippen molar-refractivity contribution in [2.75, 3.05) is 5.32 Å². The second kappa shape index (κ2) is 7.51. The summed E-state index contributed by atoms with van der Waals surface area (Å²) in [6, 6.07) is 22.1. The molecule has 0 saturated carbocycles. The average Bonchev–Trinajstić information content (AvgIpc) is 2.70. The van der Waals surface area contributed by atoms with Crippen molar-refractivity contribution >= 4 is 22.5 Å². The highest BCUT2D eigenvalue weighted by Gasteiger charge is 2.16. The van der Waals surface area contributed by atoms with Crippen molar-refractivity contribution < 1.29 is 4.79 Å². The zero-order valence-corrected chi connectivity index (χ0v) is 17.2. The largest absolute Gasteiger partial charge is 0.322 e. The number of hydrogen-bond donors (Lipinski definition) is 1. The van der Waals surface area contributed by atoms with Crippen molar-refractivity contribution in [3.05, 3.63) is 94.5 Å². The zero-order valence-electron chi connectivity index (χ0n) is 17.2. The topological polar surface area (TPSA) is 42.0 Å². The number of amides is 1. The van der Waals surface area contributed by atoms with Crippen LogP contribution in [0.5, 0.6) is 0 Å². The van der Waals surface area contributed by atoms with Crippen LogP contribution in [0.4, 0.5) is 5.69 Å². The minimum atomic E-state index is -0.119. The third-order valence-corrected chi connectivity index (χ3v) is 5.19. The van der Waals surface area contributed by atoms with Gasteiger partial charge in [-0.25, -0.2) is 4.98 Å². The van der Waals surface area contributed by atoms with Gasteiger partial charge in [-0.2, -0.15) is 0 Å². The van der Waals surface area contributed by atoms with E-state index in [1.807, 2.05) is 82.3 Å². The molecule has 4 rings (SSSR count). The van der Waals surface area contributed by atoms with Gasteiger partial charge < -0.3 is 5.32 Å². The third-order valence-electron chi connectivity index (χ3n) is 5.19. The Morgan fingerprint density at radius 1 is 0.793 bits per heavy atom. The summed E-state index contributed by atoms with van der Waals surface area (Å²) in [6.45, 7) is 8.15. The molecule has 1 N–H and O–H groups in total. The summed E-state index contributed by atoms with van der Waals surface area (Å²) in [6.07, 6.45) is 0. The van der Waals surface area contributed by atoms with E-state index >= 15 is 0 Å². The van der Waals surface area contributed by atoms with Gasteiger partial charge in [-0.3, -0.25) is 4.79 Å². The number of aryl methyl sites for hydroxylation is 4. The Morgan fingerprint density at radius 3 is 2.24 bits per heavy atom. The van der Waals surface area contributed by atoms with Gasteiger partial charge >= 0.3 is 0 Å². The number of benzene rings is 3. The van der Waals surface area contributed by atoms with Crippen molar-refractivity contribution in [3.63, 3.8) is 0 Å². The Labute approximate surface area is 171 Å². The summed E-state index contributed by atoms with van der Waals surface area (Å²) in [7, 11) is 0. The highest BCUT2D eigenvalue weighted by molar-refractivity contribution is 6.13. The van der Waals surface area contributed by atoms with Gasteiger partial charge in [0, 0.05) is 16.6 Å². The van der Waals surface area contributed by atoms with E-state index in [4.69, 9.17) is 4.98 Å². The normalized spacial score (nSPS) is 10.9. The summed E-state index contributed by atoms with van der Waals surface area (Å²) < 4.78 is 0. The number of aromatic nitrogens is 1. The van der Waals surface area contributed by atoms with E-state index in [2.05, 4.69) is 17.4 Å². The molecule has 3 heteroatoms. The van der Waals surface area contributed by atoms with Gasteiger partial charge in [-0.1, -0.05) is 59.7 Å². The lowest BCUT2D eigenvalue weighted by Crippen LogP contribution is -2.14. The van der Waals surface area contributed by atoms with Crippen LogP contribution in [0.15, 0.2) is 66.7 Å². The number of nitrogens with one attached hydrogen (secondary N) is 1. The van der Waals surface area contributed by atoms with Gasteiger partial charge in [0.1, 0.15) is 0 Å². The summed E-state index contributed by atoms with van der Waals surface area (Å²) in [5.41, 5.74) is 8.54. The minimum Gasteiger partial charge on any atom is -0.322 e. The molecular weight excluding hydrogens is 356 g/mol. The van der Waals surface area contributed by atoms with Crippen LogP contribution in [0, 0.1) is 27.7 Å². The van der Waals surface area contributed by atoms with Crippen molar-refractivity contribution in [1.82, 2.24) is 4.98 Å². The third kappa shape index (κ3) is 3.77. The molecule has 0 bridgehead atoms. The van der Waals surface area contributed by atoms with Gasteiger partial charge in [0.2, 0.25) is 0 Å². The lowest BCUT2D eigenvalue weighted by Gasteiger charge is -2.14. The number of anilines is 1. The molecule has 29 heavy (non-hydrogen) atoms. The maximum absolute atomic E-state index is 13.3. The molecule has 4 aromatic rings. The number of rotatable bonds is 3. The Morgan fingerprint density at radius 2 is 1.52 bits per heavy atom. The molecule has 0 aliphatic heterocycles. The molecule has 0 aliphatic rings. The second-order valence-electron chi connectivity index (χ2n) is 7.67. The number of nitrogens with zero attached hydrogens (tertiary/aromatic N) is 1. The van der Waals surface area contributed by atoms with Crippen LogP contribution in [0.3, 0.4) is 0 Å². The first kappa shape index (κ1) is 18.9. The van der Waals surface area contributed by atoms with Crippen LogP contribution in [0.1, 0.15) is 32.6 Å². The van der Waals surface area contributed by atoms with E-state index < -0.39 is 0 Å². The summed E-state index contributed by atoms with van der Waals surface area (Å²) in [5.74, 6) is -0.119. The highest BCUT2D eigenvalue weighted by Crippen LogP contribution is 2.29. The standard InChI is InChI=1S/C26H24N2O/c1-16-10-11-23(18(3)12-16)28-26(29)22-15-24(20-8-6-5-7-9-20)27-25-19(4)13-17(2)14-21(22)25/h5-15H,1-4H3,(H,28,29). The molecule has 0 saturated heterocycles. The number of carbonyl (C=O) groups excluding carboxylic acids is 1. The molecular formula is C26H24N2O. The lowest BCUT2D eigenvalue weighted by molar-refractivity contribution is 0.102. The Hall–Kier alpha value is -3.46.